The Morgan fingerprint density at radius 3 is 2.62 bits per heavy atom. The molecule has 0 fully saturated rings. The van der Waals surface area contributed by atoms with Crippen LogP contribution in [-0.4, -0.2) is 11.8 Å². The van der Waals surface area contributed by atoms with Gasteiger partial charge in [-0.15, -0.1) is 11.8 Å². The summed E-state index contributed by atoms with van der Waals surface area (Å²) in [5.74, 6) is -1.09. The van der Waals surface area contributed by atoms with E-state index in [2.05, 4.69) is 11.8 Å². The van der Waals surface area contributed by atoms with Gasteiger partial charge < -0.3 is 10.6 Å². The van der Waals surface area contributed by atoms with Crippen LogP contribution in [0.5, 0.6) is 0 Å². The van der Waals surface area contributed by atoms with Crippen molar-refractivity contribution in [2.24, 2.45) is 0 Å². The summed E-state index contributed by atoms with van der Waals surface area (Å²) in [7, 11) is 0. The van der Waals surface area contributed by atoms with Crippen molar-refractivity contribution in [3.63, 3.8) is 0 Å². The summed E-state index contributed by atoms with van der Waals surface area (Å²) >= 11 is 1.80. The van der Waals surface area contributed by atoms with Gasteiger partial charge in [-0.05, 0) is 35.9 Å². The van der Waals surface area contributed by atoms with E-state index in [1.807, 2.05) is 18.2 Å². The highest BCUT2D eigenvalue weighted by molar-refractivity contribution is 8.00. The maximum absolute atomic E-state index is 13.3. The Kier molecular flexibility index (Phi) is 3.76. The summed E-state index contributed by atoms with van der Waals surface area (Å²) in [5.41, 5.74) is 8.21. The lowest BCUT2D eigenvalue weighted by atomic mass is 10.1. The third-order valence-corrected chi connectivity index (χ3v) is 4.58. The lowest BCUT2D eigenvalue weighted by Gasteiger charge is -2.34. The quantitative estimate of drug-likeness (QED) is 0.849. The van der Waals surface area contributed by atoms with E-state index in [4.69, 9.17) is 5.73 Å². The van der Waals surface area contributed by atoms with E-state index < -0.39 is 11.6 Å². The maximum atomic E-state index is 13.3. The molecule has 1 unspecified atom stereocenters. The zero-order valence-electron chi connectivity index (χ0n) is 11.6. The van der Waals surface area contributed by atoms with Gasteiger partial charge in [0.2, 0.25) is 0 Å². The molecule has 2 aromatic rings. The highest BCUT2D eigenvalue weighted by Gasteiger charge is 2.22. The largest absolute Gasteiger partial charge is 0.399 e. The molecule has 1 heterocycles. The molecule has 0 aliphatic carbocycles. The van der Waals surface area contributed by atoms with Crippen LogP contribution in [-0.2, 0) is 6.54 Å². The summed E-state index contributed by atoms with van der Waals surface area (Å²) < 4.78 is 26.7. The van der Waals surface area contributed by atoms with Gasteiger partial charge >= 0.3 is 0 Å². The SMILES string of the molecule is CC1CN(Cc2cc(F)cc(F)c2)c2cc(N)ccc2S1. The summed E-state index contributed by atoms with van der Waals surface area (Å²) in [4.78, 5) is 3.28. The molecule has 110 valence electrons. The minimum Gasteiger partial charge on any atom is -0.399 e. The van der Waals surface area contributed by atoms with Crippen LogP contribution in [0.4, 0.5) is 20.2 Å². The van der Waals surface area contributed by atoms with Crippen LogP contribution >= 0.6 is 11.8 Å². The number of nitrogen functional groups attached to an aromatic ring is 1. The molecule has 2 aromatic carbocycles. The maximum Gasteiger partial charge on any atom is 0.126 e. The molecule has 5 heteroatoms. The molecule has 2 N–H and O–H groups in total. The van der Waals surface area contributed by atoms with E-state index in [1.165, 1.54) is 12.1 Å². The molecule has 0 amide bonds. The number of rotatable bonds is 2. The predicted octanol–water partition coefficient (Wildman–Crippen LogP) is 4.05. The van der Waals surface area contributed by atoms with E-state index in [9.17, 15) is 8.78 Å². The fourth-order valence-corrected chi connectivity index (χ4v) is 3.76. The van der Waals surface area contributed by atoms with E-state index >= 15 is 0 Å². The summed E-state index contributed by atoms with van der Waals surface area (Å²) in [6, 6.07) is 9.45. The van der Waals surface area contributed by atoms with Crippen molar-refractivity contribution in [2.75, 3.05) is 17.2 Å². The molecule has 0 spiro atoms. The van der Waals surface area contributed by atoms with Gasteiger partial charge in [-0.2, -0.15) is 0 Å². The molecular formula is C16H16F2N2S. The molecule has 0 saturated carbocycles. The van der Waals surface area contributed by atoms with Crippen LogP contribution < -0.4 is 10.6 Å². The number of hydrogen-bond acceptors (Lipinski definition) is 3. The molecule has 0 bridgehead atoms. The molecule has 2 nitrogen and oxygen atoms in total. The number of nitrogens with zero attached hydrogens (tertiary/aromatic N) is 1. The molecule has 3 rings (SSSR count). The van der Waals surface area contributed by atoms with Gasteiger partial charge in [0.1, 0.15) is 11.6 Å². The van der Waals surface area contributed by atoms with Crippen LogP contribution in [0, 0.1) is 11.6 Å². The van der Waals surface area contributed by atoms with Crippen LogP contribution in [0.1, 0.15) is 12.5 Å². The van der Waals surface area contributed by atoms with Crippen molar-refractivity contribution in [1.29, 1.82) is 0 Å². The van der Waals surface area contributed by atoms with E-state index in [0.29, 0.717) is 23.0 Å². The summed E-state index contributed by atoms with van der Waals surface area (Å²) in [6.07, 6.45) is 0. The average molecular weight is 306 g/mol. The van der Waals surface area contributed by atoms with Crippen molar-refractivity contribution in [2.45, 2.75) is 23.6 Å². The van der Waals surface area contributed by atoms with Crippen molar-refractivity contribution >= 4 is 23.1 Å². The second kappa shape index (κ2) is 5.56. The number of anilines is 2. The Hall–Kier alpha value is -1.75. The Balaban J connectivity index is 1.93. The first kappa shape index (κ1) is 14.2. The first-order chi connectivity index (χ1) is 10.0. The standard InChI is InChI=1S/C16H16F2N2S/c1-10-8-20(9-11-4-12(17)6-13(18)5-11)15-7-14(19)2-3-16(15)21-10/h2-7,10H,8-9,19H2,1H3. The van der Waals surface area contributed by atoms with Gasteiger partial charge in [-0.3, -0.25) is 0 Å². The Morgan fingerprint density at radius 1 is 1.19 bits per heavy atom. The third-order valence-electron chi connectivity index (χ3n) is 3.43. The first-order valence-electron chi connectivity index (χ1n) is 6.77. The lowest BCUT2D eigenvalue weighted by molar-refractivity contribution is 0.578. The topological polar surface area (TPSA) is 29.3 Å². The summed E-state index contributed by atoms with van der Waals surface area (Å²) in [5, 5.41) is 0.416. The van der Waals surface area contributed by atoms with Gasteiger partial charge in [0.25, 0.3) is 0 Å². The van der Waals surface area contributed by atoms with E-state index in [-0.39, 0.29) is 0 Å². The molecular weight excluding hydrogens is 290 g/mol. The summed E-state index contributed by atoms with van der Waals surface area (Å²) in [6.45, 7) is 3.43. The highest BCUT2D eigenvalue weighted by atomic mass is 32.2. The molecule has 1 aliphatic heterocycles. The number of fused-ring (bicyclic) bond motifs is 1. The highest BCUT2D eigenvalue weighted by Crippen LogP contribution is 2.40. The monoisotopic (exact) mass is 306 g/mol. The minimum atomic E-state index is -0.544. The number of hydrogen-bond donors (Lipinski definition) is 1. The van der Waals surface area contributed by atoms with Crippen LogP contribution in [0.25, 0.3) is 0 Å². The van der Waals surface area contributed by atoms with Crippen molar-refractivity contribution in [1.82, 2.24) is 0 Å². The van der Waals surface area contributed by atoms with Crippen molar-refractivity contribution < 1.29 is 8.78 Å². The minimum absolute atomic E-state index is 0.416. The van der Waals surface area contributed by atoms with Crippen molar-refractivity contribution in [3.05, 3.63) is 53.6 Å². The fraction of sp³-hybridized carbons (Fsp3) is 0.250. The molecule has 1 aliphatic rings. The molecule has 0 radical (unpaired) electrons. The number of benzene rings is 2. The van der Waals surface area contributed by atoms with Crippen LogP contribution in [0.3, 0.4) is 0 Å². The second-order valence-electron chi connectivity index (χ2n) is 5.31. The second-order valence-corrected chi connectivity index (χ2v) is 6.79. The number of nitrogens with two attached hydrogens (primary N) is 1. The molecule has 0 aromatic heterocycles. The fourth-order valence-electron chi connectivity index (χ4n) is 2.62. The third kappa shape index (κ3) is 3.13. The van der Waals surface area contributed by atoms with Gasteiger partial charge in [0.15, 0.2) is 0 Å². The smallest absolute Gasteiger partial charge is 0.126 e. The van der Waals surface area contributed by atoms with E-state index in [1.54, 1.807) is 11.8 Å². The zero-order valence-corrected chi connectivity index (χ0v) is 12.5. The number of halogens is 2. The normalized spacial score (nSPS) is 17.7. The van der Waals surface area contributed by atoms with Crippen LogP contribution in [0.15, 0.2) is 41.3 Å². The molecule has 21 heavy (non-hydrogen) atoms. The Bertz CT molecular complexity index is 655. The van der Waals surface area contributed by atoms with Crippen LogP contribution in [0.2, 0.25) is 0 Å². The molecule has 0 saturated heterocycles. The molecule has 1 atom stereocenters. The van der Waals surface area contributed by atoms with Gasteiger partial charge in [0.05, 0.1) is 5.69 Å². The Morgan fingerprint density at radius 2 is 1.90 bits per heavy atom. The zero-order chi connectivity index (χ0) is 15.0. The van der Waals surface area contributed by atoms with Crippen molar-refractivity contribution in [3.8, 4) is 0 Å². The van der Waals surface area contributed by atoms with Gasteiger partial charge in [0, 0.05) is 35.0 Å². The first-order valence-corrected chi connectivity index (χ1v) is 7.65. The predicted molar refractivity (Wildman–Crippen MR) is 83.6 cm³/mol. The Labute approximate surface area is 126 Å². The average Bonchev–Trinajstić information content (AvgIpc) is 2.38. The number of thioether (sulfide) groups is 1. The van der Waals surface area contributed by atoms with E-state index in [0.717, 1.165) is 23.2 Å². The van der Waals surface area contributed by atoms with Gasteiger partial charge in [-0.1, -0.05) is 6.92 Å². The lowest BCUT2D eigenvalue weighted by Crippen LogP contribution is -2.33. The van der Waals surface area contributed by atoms with Gasteiger partial charge in [-0.25, -0.2) is 8.78 Å².